The standard InChI is InChI=1S/C9H21NO2/c1-7(2)9(3,12)5-8(11)6-10-4/h7-8,10-12H,5-6H2,1-4H3. The summed E-state index contributed by atoms with van der Waals surface area (Å²) in [6.45, 7) is 6.19. The number of aliphatic hydroxyl groups excluding tert-OH is 1. The molecule has 0 aromatic rings. The van der Waals surface area contributed by atoms with E-state index in [1.165, 1.54) is 0 Å². The first-order valence-electron chi connectivity index (χ1n) is 4.45. The van der Waals surface area contributed by atoms with Gasteiger partial charge < -0.3 is 15.5 Å². The Hall–Kier alpha value is -0.120. The Bertz CT molecular complexity index is 124. The Balaban J connectivity index is 3.88. The minimum atomic E-state index is -0.768. The molecule has 0 rings (SSSR count). The molecule has 0 aromatic carbocycles. The molecule has 0 fully saturated rings. The molecule has 0 bridgehead atoms. The van der Waals surface area contributed by atoms with Crippen LogP contribution in [0.25, 0.3) is 0 Å². The van der Waals surface area contributed by atoms with Crippen molar-refractivity contribution in [2.75, 3.05) is 13.6 Å². The molecule has 0 spiro atoms. The highest BCUT2D eigenvalue weighted by Gasteiger charge is 2.27. The first-order chi connectivity index (χ1) is 5.40. The molecule has 74 valence electrons. The Morgan fingerprint density at radius 1 is 1.42 bits per heavy atom. The fourth-order valence-electron chi connectivity index (χ4n) is 1.02. The smallest absolute Gasteiger partial charge is 0.0691 e. The van der Waals surface area contributed by atoms with Gasteiger partial charge in [-0.1, -0.05) is 13.8 Å². The summed E-state index contributed by atoms with van der Waals surface area (Å²) in [5.41, 5.74) is -0.768. The summed E-state index contributed by atoms with van der Waals surface area (Å²) < 4.78 is 0. The summed E-state index contributed by atoms with van der Waals surface area (Å²) in [5, 5.41) is 22.1. The SMILES string of the molecule is CNCC(O)CC(C)(O)C(C)C. The fraction of sp³-hybridized carbons (Fsp3) is 1.00. The third kappa shape index (κ3) is 4.04. The number of nitrogens with one attached hydrogen (secondary N) is 1. The molecule has 2 atom stereocenters. The van der Waals surface area contributed by atoms with Gasteiger partial charge in [-0.15, -0.1) is 0 Å². The Morgan fingerprint density at radius 2 is 1.92 bits per heavy atom. The van der Waals surface area contributed by atoms with Gasteiger partial charge in [-0.3, -0.25) is 0 Å². The van der Waals surface area contributed by atoms with E-state index in [1.807, 2.05) is 13.8 Å². The van der Waals surface area contributed by atoms with Gasteiger partial charge in [-0.25, -0.2) is 0 Å². The summed E-state index contributed by atoms with van der Waals surface area (Å²) in [5.74, 6) is 0.170. The first kappa shape index (κ1) is 11.9. The normalized spacial score (nSPS) is 19.2. The van der Waals surface area contributed by atoms with Gasteiger partial charge in [0.1, 0.15) is 0 Å². The zero-order valence-corrected chi connectivity index (χ0v) is 8.46. The molecule has 0 aliphatic carbocycles. The molecule has 0 radical (unpaired) electrons. The maximum atomic E-state index is 9.80. The predicted molar refractivity (Wildman–Crippen MR) is 50.0 cm³/mol. The highest BCUT2D eigenvalue weighted by atomic mass is 16.3. The minimum absolute atomic E-state index is 0.170. The lowest BCUT2D eigenvalue weighted by molar-refractivity contribution is -0.0299. The number of likely N-dealkylation sites (N-methyl/N-ethyl adjacent to an activating group) is 1. The number of hydrogen-bond acceptors (Lipinski definition) is 3. The van der Waals surface area contributed by atoms with Crippen molar-refractivity contribution >= 4 is 0 Å². The van der Waals surface area contributed by atoms with Crippen LogP contribution in [-0.2, 0) is 0 Å². The predicted octanol–water partition coefficient (Wildman–Crippen LogP) is 0.364. The lowest BCUT2D eigenvalue weighted by Gasteiger charge is -2.29. The van der Waals surface area contributed by atoms with Gasteiger partial charge in [0, 0.05) is 13.0 Å². The van der Waals surface area contributed by atoms with E-state index in [4.69, 9.17) is 0 Å². The quantitative estimate of drug-likeness (QED) is 0.565. The van der Waals surface area contributed by atoms with Gasteiger partial charge in [0.2, 0.25) is 0 Å². The molecule has 0 amide bonds. The Labute approximate surface area is 74.8 Å². The zero-order chi connectivity index (χ0) is 9.78. The van der Waals surface area contributed by atoms with Crippen molar-refractivity contribution in [2.24, 2.45) is 5.92 Å². The van der Waals surface area contributed by atoms with Crippen LogP contribution in [0.2, 0.25) is 0 Å². The Kier molecular flexibility index (Phi) is 4.75. The average molecular weight is 175 g/mol. The second kappa shape index (κ2) is 4.80. The zero-order valence-electron chi connectivity index (χ0n) is 8.46. The van der Waals surface area contributed by atoms with Crippen molar-refractivity contribution in [1.29, 1.82) is 0 Å². The number of hydrogen-bond donors (Lipinski definition) is 3. The lowest BCUT2D eigenvalue weighted by Crippen LogP contribution is -2.38. The molecular formula is C9H21NO2. The molecule has 12 heavy (non-hydrogen) atoms. The maximum Gasteiger partial charge on any atom is 0.0691 e. The monoisotopic (exact) mass is 175 g/mol. The molecule has 3 N–H and O–H groups in total. The topological polar surface area (TPSA) is 52.5 Å². The van der Waals surface area contributed by atoms with E-state index in [-0.39, 0.29) is 5.92 Å². The maximum absolute atomic E-state index is 9.80. The Morgan fingerprint density at radius 3 is 2.25 bits per heavy atom. The highest BCUT2D eigenvalue weighted by molar-refractivity contribution is 4.80. The van der Waals surface area contributed by atoms with E-state index >= 15 is 0 Å². The van der Waals surface area contributed by atoms with Crippen LogP contribution in [0.3, 0.4) is 0 Å². The second-order valence-electron chi connectivity index (χ2n) is 3.93. The summed E-state index contributed by atoms with van der Waals surface area (Å²) in [6, 6.07) is 0. The first-order valence-corrected chi connectivity index (χ1v) is 4.45. The molecule has 0 aromatic heterocycles. The third-order valence-electron chi connectivity index (χ3n) is 2.33. The number of rotatable bonds is 5. The van der Waals surface area contributed by atoms with Crippen molar-refractivity contribution in [3.63, 3.8) is 0 Å². The molecule has 3 nitrogen and oxygen atoms in total. The summed E-state index contributed by atoms with van der Waals surface area (Å²) in [6.07, 6.45) is -0.0432. The van der Waals surface area contributed by atoms with E-state index in [2.05, 4.69) is 5.32 Å². The van der Waals surface area contributed by atoms with Gasteiger partial charge in [-0.05, 0) is 19.9 Å². The van der Waals surface area contributed by atoms with E-state index < -0.39 is 11.7 Å². The molecule has 0 aliphatic rings. The second-order valence-corrected chi connectivity index (χ2v) is 3.93. The third-order valence-corrected chi connectivity index (χ3v) is 2.33. The van der Waals surface area contributed by atoms with Crippen LogP contribution < -0.4 is 5.32 Å². The molecule has 0 heterocycles. The van der Waals surface area contributed by atoms with Crippen LogP contribution in [0.5, 0.6) is 0 Å². The van der Waals surface area contributed by atoms with Crippen molar-refractivity contribution in [3.05, 3.63) is 0 Å². The van der Waals surface area contributed by atoms with Gasteiger partial charge in [-0.2, -0.15) is 0 Å². The largest absolute Gasteiger partial charge is 0.392 e. The van der Waals surface area contributed by atoms with Crippen LogP contribution in [0.1, 0.15) is 27.2 Å². The van der Waals surface area contributed by atoms with E-state index in [1.54, 1.807) is 14.0 Å². The molecule has 0 saturated carbocycles. The van der Waals surface area contributed by atoms with Crippen LogP contribution in [0.15, 0.2) is 0 Å². The fourth-order valence-corrected chi connectivity index (χ4v) is 1.02. The summed E-state index contributed by atoms with van der Waals surface area (Å²) >= 11 is 0. The van der Waals surface area contributed by atoms with Crippen molar-refractivity contribution in [2.45, 2.75) is 38.9 Å². The summed E-state index contributed by atoms with van der Waals surface area (Å²) in [4.78, 5) is 0. The van der Waals surface area contributed by atoms with E-state index in [9.17, 15) is 10.2 Å². The van der Waals surface area contributed by atoms with Crippen molar-refractivity contribution in [3.8, 4) is 0 Å². The van der Waals surface area contributed by atoms with Crippen LogP contribution >= 0.6 is 0 Å². The van der Waals surface area contributed by atoms with E-state index in [0.717, 1.165) is 0 Å². The van der Waals surface area contributed by atoms with Crippen LogP contribution in [-0.4, -0.2) is 35.5 Å². The minimum Gasteiger partial charge on any atom is -0.392 e. The van der Waals surface area contributed by atoms with Crippen molar-refractivity contribution in [1.82, 2.24) is 5.32 Å². The van der Waals surface area contributed by atoms with Crippen molar-refractivity contribution < 1.29 is 10.2 Å². The van der Waals surface area contributed by atoms with Gasteiger partial charge >= 0.3 is 0 Å². The molecule has 0 saturated heterocycles. The van der Waals surface area contributed by atoms with Gasteiger partial charge in [0.05, 0.1) is 11.7 Å². The average Bonchev–Trinajstić information content (AvgIpc) is 1.85. The van der Waals surface area contributed by atoms with Gasteiger partial charge in [0.15, 0.2) is 0 Å². The number of aliphatic hydroxyl groups is 2. The van der Waals surface area contributed by atoms with Crippen LogP contribution in [0, 0.1) is 5.92 Å². The lowest BCUT2D eigenvalue weighted by atomic mass is 9.87. The summed E-state index contributed by atoms with van der Waals surface area (Å²) in [7, 11) is 1.79. The van der Waals surface area contributed by atoms with Crippen LogP contribution in [0.4, 0.5) is 0 Å². The van der Waals surface area contributed by atoms with Gasteiger partial charge in [0.25, 0.3) is 0 Å². The highest BCUT2D eigenvalue weighted by Crippen LogP contribution is 2.21. The molecular weight excluding hydrogens is 154 g/mol. The molecule has 3 heteroatoms. The van der Waals surface area contributed by atoms with E-state index in [0.29, 0.717) is 13.0 Å². The molecule has 2 unspecified atom stereocenters. The molecule has 0 aliphatic heterocycles.